The summed E-state index contributed by atoms with van der Waals surface area (Å²) in [7, 11) is 0. The zero-order valence-corrected chi connectivity index (χ0v) is 12.0. The molecule has 2 rings (SSSR count). The van der Waals surface area contributed by atoms with Crippen molar-refractivity contribution in [2.24, 2.45) is 5.92 Å². The number of H-pyrrole nitrogens is 1. The van der Waals surface area contributed by atoms with Crippen LogP contribution in [0, 0.1) is 12.8 Å². The predicted molar refractivity (Wildman–Crippen MR) is 73.6 cm³/mol. The molecular formula is C14H20N2O4. The van der Waals surface area contributed by atoms with Gasteiger partial charge in [0.2, 0.25) is 0 Å². The Morgan fingerprint density at radius 2 is 2.30 bits per heavy atom. The van der Waals surface area contributed by atoms with Crippen LogP contribution >= 0.6 is 0 Å². The summed E-state index contributed by atoms with van der Waals surface area (Å²) >= 11 is 0. The maximum absolute atomic E-state index is 12.2. The van der Waals surface area contributed by atoms with E-state index in [2.05, 4.69) is 10.3 Å². The van der Waals surface area contributed by atoms with Gasteiger partial charge in [-0.2, -0.15) is 0 Å². The number of hydrogen-bond donors (Lipinski definition) is 2. The quantitative estimate of drug-likeness (QED) is 0.825. The first-order chi connectivity index (χ1) is 9.54. The highest BCUT2D eigenvalue weighted by Crippen LogP contribution is 2.24. The minimum absolute atomic E-state index is 0.182. The van der Waals surface area contributed by atoms with Gasteiger partial charge in [-0.3, -0.25) is 4.79 Å². The molecule has 2 atom stereocenters. The molecule has 1 aromatic rings. The third-order valence-corrected chi connectivity index (χ3v) is 3.46. The number of hydrogen-bond acceptors (Lipinski definition) is 4. The molecule has 2 N–H and O–H groups in total. The van der Waals surface area contributed by atoms with Crippen molar-refractivity contribution in [1.82, 2.24) is 4.98 Å². The summed E-state index contributed by atoms with van der Waals surface area (Å²) in [4.78, 5) is 27.0. The molecule has 0 aliphatic carbocycles. The van der Waals surface area contributed by atoms with Gasteiger partial charge in [0.15, 0.2) is 0 Å². The number of aromatic nitrogens is 1. The number of aryl methyl sites for hydroxylation is 1. The topological polar surface area (TPSA) is 80.4 Å². The number of carbonyl (C=O) groups is 2. The summed E-state index contributed by atoms with van der Waals surface area (Å²) in [6, 6.07) is 0. The van der Waals surface area contributed by atoms with E-state index >= 15 is 0 Å². The highest BCUT2D eigenvalue weighted by Gasteiger charge is 2.32. The van der Waals surface area contributed by atoms with Crippen molar-refractivity contribution in [3.8, 4) is 0 Å². The zero-order valence-electron chi connectivity index (χ0n) is 12.0. The van der Waals surface area contributed by atoms with Crippen LogP contribution in [-0.4, -0.2) is 36.2 Å². The lowest BCUT2D eigenvalue weighted by Gasteiger charge is -2.14. The van der Waals surface area contributed by atoms with Crippen molar-refractivity contribution >= 4 is 17.6 Å². The summed E-state index contributed by atoms with van der Waals surface area (Å²) in [6.45, 7) is 6.37. The van der Waals surface area contributed by atoms with E-state index in [1.54, 1.807) is 20.0 Å². The first kappa shape index (κ1) is 14.6. The van der Waals surface area contributed by atoms with Crippen molar-refractivity contribution in [1.29, 1.82) is 0 Å². The van der Waals surface area contributed by atoms with Gasteiger partial charge < -0.3 is 19.8 Å². The molecule has 1 amide bonds. The van der Waals surface area contributed by atoms with E-state index in [0.717, 1.165) is 6.42 Å². The molecule has 1 aromatic heterocycles. The number of ether oxygens (including phenoxy) is 2. The fourth-order valence-corrected chi connectivity index (χ4v) is 2.33. The van der Waals surface area contributed by atoms with Gasteiger partial charge in [0.05, 0.1) is 12.3 Å². The molecule has 0 aromatic carbocycles. The van der Waals surface area contributed by atoms with Crippen LogP contribution in [0.2, 0.25) is 0 Å². The van der Waals surface area contributed by atoms with Crippen LogP contribution in [0.25, 0.3) is 0 Å². The third kappa shape index (κ3) is 2.85. The van der Waals surface area contributed by atoms with E-state index in [4.69, 9.17) is 9.47 Å². The fraction of sp³-hybridized carbons (Fsp3) is 0.571. The predicted octanol–water partition coefficient (Wildman–Crippen LogP) is 1.86. The number of nitrogens with one attached hydrogen (secondary N) is 2. The van der Waals surface area contributed by atoms with Gasteiger partial charge in [0.1, 0.15) is 11.7 Å². The van der Waals surface area contributed by atoms with Crippen molar-refractivity contribution in [2.75, 3.05) is 18.5 Å². The molecule has 6 heteroatoms. The van der Waals surface area contributed by atoms with Gasteiger partial charge in [-0.05, 0) is 26.2 Å². The van der Waals surface area contributed by atoms with E-state index in [1.165, 1.54) is 0 Å². The lowest BCUT2D eigenvalue weighted by Crippen LogP contribution is -2.31. The van der Waals surface area contributed by atoms with Crippen LogP contribution < -0.4 is 5.32 Å². The zero-order chi connectivity index (χ0) is 14.7. The minimum Gasteiger partial charge on any atom is -0.462 e. The van der Waals surface area contributed by atoms with Crippen LogP contribution in [-0.2, 0) is 14.3 Å². The second-order valence-corrected chi connectivity index (χ2v) is 4.97. The lowest BCUT2D eigenvalue weighted by atomic mass is 10.0. The molecule has 0 radical (unpaired) electrons. The van der Waals surface area contributed by atoms with E-state index < -0.39 is 12.1 Å². The number of carbonyl (C=O) groups excluding carboxylic acids is 2. The number of esters is 1. The van der Waals surface area contributed by atoms with Crippen LogP contribution in [0.15, 0.2) is 6.20 Å². The van der Waals surface area contributed by atoms with Gasteiger partial charge in [0.25, 0.3) is 5.91 Å². The summed E-state index contributed by atoms with van der Waals surface area (Å²) in [5.41, 5.74) is 1.47. The average molecular weight is 280 g/mol. The molecule has 0 spiro atoms. The Bertz CT molecular complexity index is 509. The van der Waals surface area contributed by atoms with Gasteiger partial charge >= 0.3 is 5.97 Å². The molecule has 2 heterocycles. The summed E-state index contributed by atoms with van der Waals surface area (Å²) in [6.07, 6.45) is 2.01. The molecule has 110 valence electrons. The van der Waals surface area contributed by atoms with Crippen LogP contribution in [0.5, 0.6) is 0 Å². The van der Waals surface area contributed by atoms with Crippen molar-refractivity contribution in [3.63, 3.8) is 0 Å². The summed E-state index contributed by atoms with van der Waals surface area (Å²) in [5, 5.41) is 2.75. The Hall–Kier alpha value is -1.82. The minimum atomic E-state index is -0.458. The Balaban J connectivity index is 2.13. The Kier molecular flexibility index (Phi) is 4.44. The smallest absolute Gasteiger partial charge is 0.342 e. The molecule has 1 saturated heterocycles. The van der Waals surface area contributed by atoms with E-state index in [1.807, 2.05) is 6.92 Å². The number of rotatable bonds is 4. The number of aromatic amines is 1. The fourth-order valence-electron chi connectivity index (χ4n) is 2.33. The maximum atomic E-state index is 12.2. The molecular weight excluding hydrogens is 260 g/mol. The summed E-state index contributed by atoms with van der Waals surface area (Å²) in [5.74, 6) is -0.484. The highest BCUT2D eigenvalue weighted by atomic mass is 16.5. The van der Waals surface area contributed by atoms with Crippen molar-refractivity contribution in [3.05, 3.63) is 17.5 Å². The molecule has 20 heavy (non-hydrogen) atoms. The lowest BCUT2D eigenvalue weighted by molar-refractivity contribution is -0.126. The van der Waals surface area contributed by atoms with Gasteiger partial charge in [-0.25, -0.2) is 4.79 Å². The first-order valence-corrected chi connectivity index (χ1v) is 6.82. The van der Waals surface area contributed by atoms with Crippen LogP contribution in [0.4, 0.5) is 5.69 Å². The van der Waals surface area contributed by atoms with E-state index in [-0.39, 0.29) is 11.8 Å². The van der Waals surface area contributed by atoms with Gasteiger partial charge in [0, 0.05) is 18.5 Å². The molecule has 2 unspecified atom stereocenters. The number of amides is 1. The molecule has 1 fully saturated rings. The second kappa shape index (κ2) is 6.09. The Morgan fingerprint density at radius 3 is 2.90 bits per heavy atom. The normalized spacial score (nSPS) is 21.8. The molecule has 1 aliphatic heterocycles. The summed E-state index contributed by atoms with van der Waals surface area (Å²) < 4.78 is 10.4. The SMILES string of the molecule is CCOC(=O)c1c(NC(=O)C2OCCC2C)c[nH]c1C. The Morgan fingerprint density at radius 1 is 1.55 bits per heavy atom. The van der Waals surface area contributed by atoms with E-state index in [9.17, 15) is 9.59 Å². The maximum Gasteiger partial charge on any atom is 0.342 e. The molecule has 0 saturated carbocycles. The monoisotopic (exact) mass is 280 g/mol. The molecule has 6 nitrogen and oxygen atoms in total. The van der Waals surface area contributed by atoms with Gasteiger partial charge in [-0.1, -0.05) is 6.92 Å². The Labute approximate surface area is 117 Å². The largest absolute Gasteiger partial charge is 0.462 e. The molecule has 0 bridgehead atoms. The standard InChI is InChI=1S/C14H20N2O4/c1-4-19-14(18)11-9(3)15-7-10(11)16-13(17)12-8(2)5-6-20-12/h7-8,12,15H,4-6H2,1-3H3,(H,16,17). The highest BCUT2D eigenvalue weighted by molar-refractivity contribution is 6.03. The third-order valence-electron chi connectivity index (χ3n) is 3.46. The van der Waals surface area contributed by atoms with Gasteiger partial charge in [-0.15, -0.1) is 0 Å². The van der Waals surface area contributed by atoms with Crippen molar-refractivity contribution in [2.45, 2.75) is 33.3 Å². The van der Waals surface area contributed by atoms with Crippen molar-refractivity contribution < 1.29 is 19.1 Å². The number of anilines is 1. The van der Waals surface area contributed by atoms with Crippen LogP contribution in [0.1, 0.15) is 36.3 Å². The second-order valence-electron chi connectivity index (χ2n) is 4.97. The van der Waals surface area contributed by atoms with E-state index in [0.29, 0.717) is 30.2 Å². The van der Waals surface area contributed by atoms with Crippen LogP contribution in [0.3, 0.4) is 0 Å². The average Bonchev–Trinajstić information content (AvgIpc) is 2.96. The molecule has 1 aliphatic rings. The first-order valence-electron chi connectivity index (χ1n) is 6.82.